The highest BCUT2D eigenvalue weighted by molar-refractivity contribution is 7.90. The van der Waals surface area contributed by atoms with Gasteiger partial charge >= 0.3 is 5.97 Å². The molecule has 0 saturated carbocycles. The van der Waals surface area contributed by atoms with E-state index in [-0.39, 0.29) is 6.04 Å². The molecule has 1 unspecified atom stereocenters. The third-order valence-corrected chi connectivity index (χ3v) is 3.76. The van der Waals surface area contributed by atoms with Gasteiger partial charge in [0, 0.05) is 12.6 Å². The van der Waals surface area contributed by atoms with Gasteiger partial charge < -0.3 is 10.0 Å². The Balaban J connectivity index is 2.39. The Morgan fingerprint density at radius 2 is 2.27 bits per heavy atom. The van der Waals surface area contributed by atoms with Crippen molar-refractivity contribution in [1.82, 2.24) is 9.62 Å². The first kappa shape index (κ1) is 12.4. The highest BCUT2D eigenvalue weighted by Crippen LogP contribution is 2.13. The molecular weight excluding hydrogens is 220 g/mol. The van der Waals surface area contributed by atoms with E-state index in [9.17, 15) is 13.2 Å². The van der Waals surface area contributed by atoms with Gasteiger partial charge in [0.25, 0.3) is 0 Å². The molecule has 0 amide bonds. The van der Waals surface area contributed by atoms with Gasteiger partial charge in [-0.15, -0.1) is 0 Å². The minimum atomic E-state index is -3.67. The second-order valence-electron chi connectivity index (χ2n) is 3.78. The van der Waals surface area contributed by atoms with Crippen LogP contribution in [0.1, 0.15) is 12.8 Å². The minimum Gasteiger partial charge on any atom is -0.480 e. The number of hydrogen-bond acceptors (Lipinski definition) is 4. The van der Waals surface area contributed by atoms with Crippen LogP contribution >= 0.6 is 0 Å². The van der Waals surface area contributed by atoms with Gasteiger partial charge in [0.1, 0.15) is 0 Å². The summed E-state index contributed by atoms with van der Waals surface area (Å²) in [7, 11) is -1.73. The van der Waals surface area contributed by atoms with E-state index in [0.717, 1.165) is 19.4 Å². The molecule has 1 rings (SSSR count). The normalized spacial score (nSPS) is 23.1. The lowest BCUT2D eigenvalue weighted by Crippen LogP contribution is -2.40. The average molecular weight is 236 g/mol. The van der Waals surface area contributed by atoms with Crippen LogP contribution in [-0.2, 0) is 14.8 Å². The predicted octanol–water partition coefficient (Wildman–Crippen LogP) is -0.915. The van der Waals surface area contributed by atoms with E-state index in [1.807, 2.05) is 7.05 Å². The van der Waals surface area contributed by atoms with Gasteiger partial charge in [0.05, 0.1) is 0 Å². The summed E-state index contributed by atoms with van der Waals surface area (Å²) < 4.78 is 24.7. The van der Waals surface area contributed by atoms with Gasteiger partial charge in [0.2, 0.25) is 10.0 Å². The van der Waals surface area contributed by atoms with Gasteiger partial charge in [-0.05, 0) is 26.4 Å². The fourth-order valence-corrected chi connectivity index (χ4v) is 2.55. The number of rotatable bonds is 5. The van der Waals surface area contributed by atoms with Crippen molar-refractivity contribution in [2.24, 2.45) is 0 Å². The number of aliphatic carboxylic acids is 1. The molecule has 1 heterocycles. The fourth-order valence-electron chi connectivity index (χ4n) is 1.67. The molecule has 0 spiro atoms. The number of carbonyl (C=O) groups is 1. The van der Waals surface area contributed by atoms with Crippen LogP contribution in [0.3, 0.4) is 0 Å². The molecule has 1 saturated heterocycles. The maximum atomic E-state index is 11.2. The van der Waals surface area contributed by atoms with Gasteiger partial charge in [-0.2, -0.15) is 0 Å². The number of hydrogen-bond donors (Lipinski definition) is 2. The summed E-state index contributed by atoms with van der Waals surface area (Å²) in [5, 5.41) is 8.36. The van der Waals surface area contributed by atoms with Crippen molar-refractivity contribution in [3.05, 3.63) is 0 Å². The maximum Gasteiger partial charge on any atom is 0.320 e. The summed E-state index contributed by atoms with van der Waals surface area (Å²) >= 11 is 0. The molecule has 0 radical (unpaired) electrons. The summed E-state index contributed by atoms with van der Waals surface area (Å²) in [6.07, 6.45) is 2.01. The summed E-state index contributed by atoms with van der Waals surface area (Å²) in [5.41, 5.74) is 0. The van der Waals surface area contributed by atoms with E-state index in [2.05, 4.69) is 9.62 Å². The van der Waals surface area contributed by atoms with Crippen LogP contribution in [0.25, 0.3) is 0 Å². The van der Waals surface area contributed by atoms with Crippen molar-refractivity contribution in [3.63, 3.8) is 0 Å². The lowest BCUT2D eigenvalue weighted by atomic mass is 10.2. The highest BCUT2D eigenvalue weighted by atomic mass is 32.2. The number of nitrogens with one attached hydrogen (secondary N) is 1. The molecule has 1 aliphatic heterocycles. The Kier molecular flexibility index (Phi) is 4.06. The molecule has 1 fully saturated rings. The summed E-state index contributed by atoms with van der Waals surface area (Å²) in [6.45, 7) is 1.26. The van der Waals surface area contributed by atoms with Crippen molar-refractivity contribution in [2.75, 3.05) is 25.9 Å². The Morgan fingerprint density at radius 1 is 1.60 bits per heavy atom. The summed E-state index contributed by atoms with van der Waals surface area (Å²) in [5.74, 6) is -2.19. The van der Waals surface area contributed by atoms with Gasteiger partial charge in [-0.1, -0.05) is 0 Å². The van der Waals surface area contributed by atoms with Crippen LogP contribution in [-0.4, -0.2) is 56.3 Å². The largest absolute Gasteiger partial charge is 0.480 e. The third-order valence-electron chi connectivity index (χ3n) is 2.52. The minimum absolute atomic E-state index is 0.188. The van der Waals surface area contributed by atoms with E-state index < -0.39 is 21.7 Å². The van der Waals surface area contributed by atoms with Crippen molar-refractivity contribution in [3.8, 4) is 0 Å². The second kappa shape index (κ2) is 4.91. The monoisotopic (exact) mass is 236 g/mol. The number of sulfonamides is 1. The summed E-state index contributed by atoms with van der Waals surface area (Å²) in [4.78, 5) is 12.3. The number of likely N-dealkylation sites (tertiary alicyclic amines) is 1. The topological polar surface area (TPSA) is 86.7 Å². The number of carboxylic acids is 1. The van der Waals surface area contributed by atoms with Crippen LogP contribution in [0.2, 0.25) is 0 Å². The van der Waals surface area contributed by atoms with Crippen molar-refractivity contribution in [1.29, 1.82) is 0 Å². The molecule has 0 aromatic heterocycles. The molecule has 1 aliphatic rings. The van der Waals surface area contributed by atoms with Crippen molar-refractivity contribution < 1.29 is 18.3 Å². The predicted molar refractivity (Wildman–Crippen MR) is 55.1 cm³/mol. The van der Waals surface area contributed by atoms with Crippen LogP contribution in [0.15, 0.2) is 0 Å². The first-order valence-corrected chi connectivity index (χ1v) is 6.45. The SMILES string of the molecule is CN1CCCC1CNS(=O)(=O)CC(=O)O. The number of likely N-dealkylation sites (N-methyl/N-ethyl adjacent to an activating group) is 1. The Morgan fingerprint density at radius 3 is 2.73 bits per heavy atom. The van der Waals surface area contributed by atoms with Crippen molar-refractivity contribution in [2.45, 2.75) is 18.9 Å². The molecule has 2 N–H and O–H groups in total. The Labute approximate surface area is 89.3 Å². The third kappa shape index (κ3) is 4.15. The van der Waals surface area contributed by atoms with Gasteiger partial charge in [-0.25, -0.2) is 13.1 Å². The Bertz CT molecular complexity index is 328. The molecule has 0 bridgehead atoms. The first-order valence-electron chi connectivity index (χ1n) is 4.80. The highest BCUT2D eigenvalue weighted by Gasteiger charge is 2.23. The zero-order valence-corrected chi connectivity index (χ0v) is 9.46. The molecular formula is C8H16N2O4S. The fraction of sp³-hybridized carbons (Fsp3) is 0.875. The smallest absolute Gasteiger partial charge is 0.320 e. The molecule has 6 nitrogen and oxygen atoms in total. The molecule has 1 atom stereocenters. The van der Waals surface area contributed by atoms with E-state index >= 15 is 0 Å². The number of carboxylic acid groups (broad SMARTS) is 1. The van der Waals surface area contributed by atoms with E-state index in [1.54, 1.807) is 0 Å². The maximum absolute atomic E-state index is 11.2. The van der Waals surface area contributed by atoms with Crippen LogP contribution in [0.5, 0.6) is 0 Å². The molecule has 88 valence electrons. The average Bonchev–Trinajstić information content (AvgIpc) is 2.45. The van der Waals surface area contributed by atoms with E-state index in [4.69, 9.17) is 5.11 Å². The zero-order chi connectivity index (χ0) is 11.5. The second-order valence-corrected chi connectivity index (χ2v) is 5.58. The van der Waals surface area contributed by atoms with Gasteiger partial charge in [0.15, 0.2) is 5.75 Å². The molecule has 0 aromatic carbocycles. The van der Waals surface area contributed by atoms with Crippen LogP contribution < -0.4 is 4.72 Å². The molecule has 7 heteroatoms. The number of nitrogens with zero attached hydrogens (tertiary/aromatic N) is 1. The Hall–Kier alpha value is -0.660. The lowest BCUT2D eigenvalue weighted by Gasteiger charge is -2.19. The molecule has 15 heavy (non-hydrogen) atoms. The van der Waals surface area contributed by atoms with E-state index in [1.165, 1.54) is 0 Å². The standard InChI is InChI=1S/C8H16N2O4S/c1-10-4-2-3-7(10)5-9-15(13,14)6-8(11)12/h7,9H,2-6H2,1H3,(H,11,12). The van der Waals surface area contributed by atoms with E-state index in [0.29, 0.717) is 6.54 Å². The quantitative estimate of drug-likeness (QED) is 0.645. The first-order chi connectivity index (χ1) is 6.91. The lowest BCUT2D eigenvalue weighted by molar-refractivity contribution is -0.134. The molecule has 0 aliphatic carbocycles. The zero-order valence-electron chi connectivity index (χ0n) is 8.64. The van der Waals surface area contributed by atoms with Crippen molar-refractivity contribution >= 4 is 16.0 Å². The molecule has 0 aromatic rings. The summed E-state index contributed by atoms with van der Waals surface area (Å²) in [6, 6.07) is 0.188. The van der Waals surface area contributed by atoms with Crippen LogP contribution in [0.4, 0.5) is 0 Å². The van der Waals surface area contributed by atoms with Gasteiger partial charge in [-0.3, -0.25) is 4.79 Å². The van der Waals surface area contributed by atoms with Crippen LogP contribution in [0, 0.1) is 0 Å².